The summed E-state index contributed by atoms with van der Waals surface area (Å²) in [6, 6.07) is 5.91. The van der Waals surface area contributed by atoms with Crippen LogP contribution in [-0.2, 0) is 0 Å². The molecule has 5 heteroatoms. The monoisotopic (exact) mass is 304 g/mol. The van der Waals surface area contributed by atoms with Crippen molar-refractivity contribution in [3.63, 3.8) is 0 Å². The average Bonchev–Trinajstić information content (AvgIpc) is 2.38. The molecule has 2 N–H and O–H groups in total. The quantitative estimate of drug-likeness (QED) is 0.775. The van der Waals surface area contributed by atoms with Crippen LogP contribution < -0.4 is 5.32 Å². The smallest absolute Gasteiger partial charge is 0.0640 e. The second-order valence-corrected chi connectivity index (χ2v) is 5.35. The van der Waals surface area contributed by atoms with Crippen molar-refractivity contribution in [3.05, 3.63) is 33.8 Å². The van der Waals surface area contributed by atoms with E-state index in [0.29, 0.717) is 16.6 Å². The van der Waals surface area contributed by atoms with Crippen LogP contribution in [0.4, 0.5) is 0 Å². The number of rotatable bonds is 8. The third-order valence-electron chi connectivity index (χ3n) is 3.09. The molecule has 0 fully saturated rings. The summed E-state index contributed by atoms with van der Waals surface area (Å²) in [5.41, 5.74) is 1.04. The highest BCUT2D eigenvalue weighted by molar-refractivity contribution is 6.42. The number of nitrogens with one attached hydrogen (secondary N) is 1. The molecule has 0 saturated heterocycles. The van der Waals surface area contributed by atoms with Crippen LogP contribution in [0.2, 0.25) is 10.0 Å². The van der Waals surface area contributed by atoms with E-state index in [0.717, 1.165) is 25.1 Å². The lowest BCUT2D eigenvalue weighted by molar-refractivity contribution is 0.215. The fourth-order valence-electron chi connectivity index (χ4n) is 2.04. The maximum atomic E-state index is 8.91. The van der Waals surface area contributed by atoms with Gasteiger partial charge in [-0.15, -0.1) is 0 Å². The summed E-state index contributed by atoms with van der Waals surface area (Å²) < 4.78 is 0. The molecule has 0 radical (unpaired) electrons. The second-order valence-electron chi connectivity index (χ2n) is 4.57. The Kier molecular flexibility index (Phi) is 7.73. The Morgan fingerprint density at radius 2 is 2.05 bits per heavy atom. The van der Waals surface area contributed by atoms with Crippen LogP contribution in [-0.4, -0.2) is 43.3 Å². The van der Waals surface area contributed by atoms with Crippen molar-refractivity contribution in [3.8, 4) is 0 Å². The minimum Gasteiger partial charge on any atom is -0.395 e. The molecule has 1 aromatic rings. The normalized spacial score (nSPS) is 12.9. The molecule has 0 heterocycles. The van der Waals surface area contributed by atoms with E-state index in [2.05, 4.69) is 17.1 Å². The molecule has 0 aliphatic carbocycles. The van der Waals surface area contributed by atoms with E-state index in [4.69, 9.17) is 28.3 Å². The SMILES string of the molecule is CCNC(CCN(C)CCO)c1cccc(Cl)c1Cl. The van der Waals surface area contributed by atoms with Crippen molar-refractivity contribution in [1.82, 2.24) is 10.2 Å². The molecule has 1 aromatic carbocycles. The molecule has 1 rings (SSSR count). The van der Waals surface area contributed by atoms with Gasteiger partial charge in [0.05, 0.1) is 16.7 Å². The molecule has 108 valence electrons. The molecule has 1 atom stereocenters. The Morgan fingerprint density at radius 3 is 2.68 bits per heavy atom. The van der Waals surface area contributed by atoms with Crippen LogP contribution in [0, 0.1) is 0 Å². The van der Waals surface area contributed by atoms with E-state index in [9.17, 15) is 0 Å². The molecule has 19 heavy (non-hydrogen) atoms. The Labute approximate surface area is 125 Å². The molecule has 0 spiro atoms. The molecule has 0 aliphatic rings. The molecule has 0 aromatic heterocycles. The second kappa shape index (κ2) is 8.77. The van der Waals surface area contributed by atoms with Gasteiger partial charge in [0.2, 0.25) is 0 Å². The summed E-state index contributed by atoms with van der Waals surface area (Å²) in [5, 5.41) is 13.6. The highest BCUT2D eigenvalue weighted by Crippen LogP contribution is 2.31. The van der Waals surface area contributed by atoms with E-state index < -0.39 is 0 Å². The zero-order valence-electron chi connectivity index (χ0n) is 11.5. The van der Waals surface area contributed by atoms with Gasteiger partial charge in [0.15, 0.2) is 0 Å². The van der Waals surface area contributed by atoms with Gasteiger partial charge in [-0.2, -0.15) is 0 Å². The molecule has 3 nitrogen and oxygen atoms in total. The predicted molar refractivity (Wildman–Crippen MR) is 82.1 cm³/mol. The average molecular weight is 305 g/mol. The van der Waals surface area contributed by atoms with Crippen molar-refractivity contribution in [2.75, 3.05) is 33.3 Å². The van der Waals surface area contributed by atoms with Crippen LogP contribution in [0.3, 0.4) is 0 Å². The molecule has 0 saturated carbocycles. The highest BCUT2D eigenvalue weighted by atomic mass is 35.5. The van der Waals surface area contributed by atoms with Crippen LogP contribution in [0.15, 0.2) is 18.2 Å². The van der Waals surface area contributed by atoms with Crippen molar-refractivity contribution < 1.29 is 5.11 Å². The lowest BCUT2D eigenvalue weighted by Gasteiger charge is -2.23. The van der Waals surface area contributed by atoms with Gasteiger partial charge in [0, 0.05) is 12.6 Å². The molecule has 1 unspecified atom stereocenters. The highest BCUT2D eigenvalue weighted by Gasteiger charge is 2.15. The Hall–Kier alpha value is -0.320. The number of halogens is 2. The summed E-state index contributed by atoms with van der Waals surface area (Å²) in [4.78, 5) is 2.10. The van der Waals surface area contributed by atoms with Crippen LogP contribution in [0.5, 0.6) is 0 Å². The summed E-state index contributed by atoms with van der Waals surface area (Å²) in [6.45, 7) is 4.70. The Morgan fingerprint density at radius 1 is 1.32 bits per heavy atom. The van der Waals surface area contributed by atoms with Crippen LogP contribution >= 0.6 is 23.2 Å². The number of benzene rings is 1. The number of likely N-dealkylation sites (N-methyl/N-ethyl adjacent to an activating group) is 1. The largest absolute Gasteiger partial charge is 0.395 e. The Balaban J connectivity index is 2.73. The topological polar surface area (TPSA) is 35.5 Å². The number of nitrogens with zero attached hydrogens (tertiary/aromatic N) is 1. The van der Waals surface area contributed by atoms with Gasteiger partial charge in [-0.05, 0) is 38.2 Å². The van der Waals surface area contributed by atoms with E-state index in [1.165, 1.54) is 0 Å². The molecule has 0 bridgehead atoms. The van der Waals surface area contributed by atoms with Gasteiger partial charge in [0.25, 0.3) is 0 Å². The zero-order chi connectivity index (χ0) is 14.3. The lowest BCUT2D eigenvalue weighted by atomic mass is 10.0. The first kappa shape index (κ1) is 16.7. The van der Waals surface area contributed by atoms with Crippen molar-refractivity contribution in [2.24, 2.45) is 0 Å². The summed E-state index contributed by atoms with van der Waals surface area (Å²) in [5.74, 6) is 0. The van der Waals surface area contributed by atoms with Gasteiger partial charge < -0.3 is 15.3 Å². The zero-order valence-corrected chi connectivity index (χ0v) is 13.0. The van der Waals surface area contributed by atoms with E-state index in [1.54, 1.807) is 6.07 Å². The van der Waals surface area contributed by atoms with E-state index >= 15 is 0 Å². The minimum atomic E-state index is 0.178. The Bertz CT molecular complexity index is 388. The molecular formula is C14H22Cl2N2O. The standard InChI is InChI=1S/C14H22Cl2N2O/c1-3-17-13(7-8-18(2)9-10-19)11-5-4-6-12(15)14(11)16/h4-6,13,17,19H,3,7-10H2,1-2H3. The molecule has 0 amide bonds. The van der Waals surface area contributed by atoms with Gasteiger partial charge in [-0.25, -0.2) is 0 Å². The van der Waals surface area contributed by atoms with Gasteiger partial charge in [-0.1, -0.05) is 42.3 Å². The van der Waals surface area contributed by atoms with Gasteiger partial charge in [0.1, 0.15) is 0 Å². The maximum Gasteiger partial charge on any atom is 0.0640 e. The lowest BCUT2D eigenvalue weighted by Crippen LogP contribution is -2.29. The third-order valence-corrected chi connectivity index (χ3v) is 3.92. The van der Waals surface area contributed by atoms with Gasteiger partial charge in [-0.3, -0.25) is 0 Å². The van der Waals surface area contributed by atoms with E-state index in [1.807, 2.05) is 19.2 Å². The molecular weight excluding hydrogens is 283 g/mol. The fourth-order valence-corrected chi connectivity index (χ4v) is 2.48. The van der Waals surface area contributed by atoms with Crippen LogP contribution in [0.25, 0.3) is 0 Å². The number of hydrogen-bond acceptors (Lipinski definition) is 3. The first-order valence-electron chi connectivity index (χ1n) is 6.56. The van der Waals surface area contributed by atoms with Crippen molar-refractivity contribution in [2.45, 2.75) is 19.4 Å². The first-order valence-corrected chi connectivity index (χ1v) is 7.32. The minimum absolute atomic E-state index is 0.178. The van der Waals surface area contributed by atoms with E-state index in [-0.39, 0.29) is 12.6 Å². The first-order chi connectivity index (χ1) is 9.10. The number of aliphatic hydroxyl groups excluding tert-OH is 1. The number of hydrogen-bond donors (Lipinski definition) is 2. The summed E-state index contributed by atoms with van der Waals surface area (Å²) in [7, 11) is 2.00. The molecule has 0 aliphatic heterocycles. The predicted octanol–water partition coefficient (Wildman–Crippen LogP) is 2.96. The maximum absolute atomic E-state index is 8.91. The van der Waals surface area contributed by atoms with Crippen LogP contribution in [0.1, 0.15) is 24.9 Å². The van der Waals surface area contributed by atoms with Gasteiger partial charge >= 0.3 is 0 Å². The number of aliphatic hydroxyl groups is 1. The third kappa shape index (κ3) is 5.28. The summed E-state index contributed by atoms with van der Waals surface area (Å²) in [6.07, 6.45) is 0.921. The summed E-state index contributed by atoms with van der Waals surface area (Å²) >= 11 is 12.3. The van der Waals surface area contributed by atoms with Crippen molar-refractivity contribution in [1.29, 1.82) is 0 Å². The fraction of sp³-hybridized carbons (Fsp3) is 0.571. The van der Waals surface area contributed by atoms with Crippen molar-refractivity contribution >= 4 is 23.2 Å².